The zero-order valence-corrected chi connectivity index (χ0v) is 16.5. The van der Waals surface area contributed by atoms with Crippen molar-refractivity contribution in [1.29, 1.82) is 0 Å². The van der Waals surface area contributed by atoms with Crippen LogP contribution in [0.1, 0.15) is 59.3 Å². The number of rotatable bonds is 2. The average Bonchev–Trinajstić information content (AvgIpc) is 2.91. The van der Waals surface area contributed by atoms with Crippen LogP contribution in [0.15, 0.2) is 11.6 Å². The van der Waals surface area contributed by atoms with Gasteiger partial charge < -0.3 is 9.84 Å². The standard InChI is InChI=1S/C22H32O4/c1-12(23)15-7-8-16-14-6-5-13-9-17(24)19(26-4)11-21(13,2)20(14)18(25)10-22(15,16)3/h7,13-14,16-17,19-20,24H,5-6,8-11H2,1-4H3/t13-,14-,16-,17-,19-,20+,21-,22+/m0/s1. The predicted octanol–water partition coefficient (Wildman–Crippen LogP) is 3.32. The third-order valence-corrected chi connectivity index (χ3v) is 8.61. The van der Waals surface area contributed by atoms with E-state index in [1.54, 1.807) is 14.0 Å². The van der Waals surface area contributed by atoms with Crippen molar-refractivity contribution in [2.45, 2.75) is 71.5 Å². The molecule has 4 nitrogen and oxygen atoms in total. The maximum atomic E-state index is 13.4. The molecule has 8 atom stereocenters. The number of fused-ring (bicyclic) bond motifs is 5. The minimum absolute atomic E-state index is 0.0455. The van der Waals surface area contributed by atoms with Crippen molar-refractivity contribution < 1.29 is 19.4 Å². The molecule has 144 valence electrons. The Morgan fingerprint density at radius 2 is 2.04 bits per heavy atom. The van der Waals surface area contributed by atoms with Gasteiger partial charge in [0, 0.05) is 24.9 Å². The average molecular weight is 360 g/mol. The second kappa shape index (κ2) is 6.00. The van der Waals surface area contributed by atoms with E-state index in [1.165, 1.54) is 0 Å². The lowest BCUT2D eigenvalue weighted by Crippen LogP contribution is -2.59. The molecule has 0 aromatic carbocycles. The van der Waals surface area contributed by atoms with Crippen molar-refractivity contribution in [1.82, 2.24) is 0 Å². The number of carbonyl (C=O) groups is 2. The molecule has 3 saturated carbocycles. The minimum atomic E-state index is -0.420. The van der Waals surface area contributed by atoms with Gasteiger partial charge in [0.15, 0.2) is 5.78 Å². The number of aliphatic hydroxyl groups is 1. The molecule has 0 aromatic heterocycles. The van der Waals surface area contributed by atoms with E-state index in [0.717, 1.165) is 37.7 Å². The molecule has 4 heteroatoms. The Morgan fingerprint density at radius 3 is 2.69 bits per heavy atom. The minimum Gasteiger partial charge on any atom is -0.390 e. The zero-order valence-electron chi connectivity index (χ0n) is 16.5. The smallest absolute Gasteiger partial charge is 0.156 e. The highest BCUT2D eigenvalue weighted by atomic mass is 16.5. The maximum absolute atomic E-state index is 13.4. The van der Waals surface area contributed by atoms with Gasteiger partial charge in [-0.3, -0.25) is 9.59 Å². The first-order chi connectivity index (χ1) is 12.2. The number of allylic oxidation sites excluding steroid dienone is 2. The first-order valence-corrected chi connectivity index (χ1v) is 10.2. The van der Waals surface area contributed by atoms with Crippen LogP contribution >= 0.6 is 0 Å². The number of ether oxygens (including phenoxy) is 1. The molecule has 0 saturated heterocycles. The van der Waals surface area contributed by atoms with Gasteiger partial charge in [0.1, 0.15) is 5.78 Å². The summed E-state index contributed by atoms with van der Waals surface area (Å²) in [5.74, 6) is 1.64. The Hall–Kier alpha value is -1.00. The lowest BCUT2D eigenvalue weighted by Gasteiger charge is -2.60. The molecule has 0 aliphatic heterocycles. The molecule has 0 radical (unpaired) electrons. The lowest BCUT2D eigenvalue weighted by atomic mass is 9.44. The SMILES string of the molecule is CO[C@H]1C[C@@]2(C)[C@@H](CC[C@@H]3[C@@H]2C(=O)C[C@]2(C)C(C(C)=O)=CC[C@@H]32)C[C@@H]1O. The highest BCUT2D eigenvalue weighted by Crippen LogP contribution is 2.65. The summed E-state index contributed by atoms with van der Waals surface area (Å²) in [7, 11) is 1.66. The van der Waals surface area contributed by atoms with Gasteiger partial charge in [0.2, 0.25) is 0 Å². The van der Waals surface area contributed by atoms with E-state index in [2.05, 4.69) is 19.9 Å². The highest BCUT2D eigenvalue weighted by molar-refractivity contribution is 5.97. The van der Waals surface area contributed by atoms with E-state index < -0.39 is 6.10 Å². The fourth-order valence-electron chi connectivity index (χ4n) is 7.44. The summed E-state index contributed by atoms with van der Waals surface area (Å²) in [5, 5.41) is 10.4. The summed E-state index contributed by atoms with van der Waals surface area (Å²) >= 11 is 0. The van der Waals surface area contributed by atoms with Gasteiger partial charge in [-0.05, 0) is 67.8 Å². The van der Waals surface area contributed by atoms with Gasteiger partial charge in [-0.1, -0.05) is 19.9 Å². The van der Waals surface area contributed by atoms with Crippen LogP contribution in [0.3, 0.4) is 0 Å². The van der Waals surface area contributed by atoms with Crippen molar-refractivity contribution >= 4 is 11.6 Å². The van der Waals surface area contributed by atoms with Gasteiger partial charge in [0.25, 0.3) is 0 Å². The van der Waals surface area contributed by atoms with Gasteiger partial charge in [0.05, 0.1) is 12.2 Å². The van der Waals surface area contributed by atoms with E-state index in [0.29, 0.717) is 30.0 Å². The normalized spacial score (nSPS) is 50.5. The molecule has 0 amide bonds. The van der Waals surface area contributed by atoms with Gasteiger partial charge in [-0.15, -0.1) is 0 Å². The molecule has 0 aromatic rings. The third kappa shape index (κ3) is 2.34. The molecular formula is C22H32O4. The van der Waals surface area contributed by atoms with E-state index >= 15 is 0 Å². The first kappa shape index (κ1) is 18.4. The molecule has 4 rings (SSSR count). The van der Waals surface area contributed by atoms with Crippen molar-refractivity contribution in [2.75, 3.05) is 7.11 Å². The Labute approximate surface area is 156 Å². The Bertz CT molecular complexity index is 667. The second-order valence-electron chi connectivity index (χ2n) is 9.78. The van der Waals surface area contributed by atoms with E-state index in [1.807, 2.05) is 0 Å². The van der Waals surface area contributed by atoms with Crippen molar-refractivity contribution in [3.63, 3.8) is 0 Å². The van der Waals surface area contributed by atoms with Crippen LogP contribution in [-0.4, -0.2) is 36.0 Å². The van der Waals surface area contributed by atoms with E-state index in [9.17, 15) is 14.7 Å². The quantitative estimate of drug-likeness (QED) is 0.820. The van der Waals surface area contributed by atoms with Crippen molar-refractivity contribution in [3.05, 3.63) is 11.6 Å². The molecule has 4 aliphatic carbocycles. The molecule has 26 heavy (non-hydrogen) atoms. The number of hydrogen-bond donors (Lipinski definition) is 1. The second-order valence-corrected chi connectivity index (χ2v) is 9.78. The van der Waals surface area contributed by atoms with Crippen molar-refractivity contribution in [3.8, 4) is 0 Å². The summed E-state index contributed by atoms with van der Waals surface area (Å²) in [5.41, 5.74) is 0.512. The van der Waals surface area contributed by atoms with Crippen LogP contribution in [0.2, 0.25) is 0 Å². The van der Waals surface area contributed by atoms with Crippen LogP contribution in [-0.2, 0) is 14.3 Å². The number of aliphatic hydroxyl groups excluding tert-OH is 1. The molecular weight excluding hydrogens is 328 g/mol. The topological polar surface area (TPSA) is 63.6 Å². The number of Topliss-reactive ketones (excluding diaryl/α,β-unsaturated/α-hetero) is 2. The fourth-order valence-corrected chi connectivity index (χ4v) is 7.44. The summed E-state index contributed by atoms with van der Waals surface area (Å²) in [4.78, 5) is 25.6. The zero-order chi connectivity index (χ0) is 18.9. The Balaban J connectivity index is 1.69. The van der Waals surface area contributed by atoms with E-state index in [-0.39, 0.29) is 28.6 Å². The largest absolute Gasteiger partial charge is 0.390 e. The Kier molecular flexibility index (Phi) is 4.24. The number of hydrogen-bond acceptors (Lipinski definition) is 4. The summed E-state index contributed by atoms with van der Waals surface area (Å²) in [6.07, 6.45) is 6.55. The molecule has 1 N–H and O–H groups in total. The van der Waals surface area contributed by atoms with Crippen molar-refractivity contribution in [2.24, 2.45) is 34.5 Å². The molecule has 0 spiro atoms. The number of carbonyl (C=O) groups excluding carboxylic acids is 2. The summed E-state index contributed by atoms with van der Waals surface area (Å²) in [6, 6.07) is 0. The van der Waals surface area contributed by atoms with Gasteiger partial charge >= 0.3 is 0 Å². The van der Waals surface area contributed by atoms with Gasteiger partial charge in [-0.2, -0.15) is 0 Å². The molecule has 3 fully saturated rings. The van der Waals surface area contributed by atoms with Crippen LogP contribution < -0.4 is 0 Å². The fraction of sp³-hybridized carbons (Fsp3) is 0.818. The van der Waals surface area contributed by atoms with Crippen LogP contribution in [0.25, 0.3) is 0 Å². The predicted molar refractivity (Wildman–Crippen MR) is 98.5 cm³/mol. The van der Waals surface area contributed by atoms with Crippen LogP contribution in [0.5, 0.6) is 0 Å². The number of methoxy groups -OCH3 is 1. The highest BCUT2D eigenvalue weighted by Gasteiger charge is 2.63. The van der Waals surface area contributed by atoms with Gasteiger partial charge in [-0.25, -0.2) is 0 Å². The number of ketones is 2. The van der Waals surface area contributed by atoms with Crippen LogP contribution in [0.4, 0.5) is 0 Å². The summed E-state index contributed by atoms with van der Waals surface area (Å²) < 4.78 is 5.57. The molecule has 0 unspecified atom stereocenters. The monoisotopic (exact) mass is 360 g/mol. The maximum Gasteiger partial charge on any atom is 0.156 e. The Morgan fingerprint density at radius 1 is 1.31 bits per heavy atom. The molecule has 0 heterocycles. The summed E-state index contributed by atoms with van der Waals surface area (Å²) in [6.45, 7) is 6.05. The lowest BCUT2D eigenvalue weighted by molar-refractivity contribution is -0.173. The first-order valence-electron chi connectivity index (χ1n) is 10.2. The molecule has 4 aliphatic rings. The third-order valence-electron chi connectivity index (χ3n) is 8.61. The van der Waals surface area contributed by atoms with Crippen LogP contribution in [0, 0.1) is 34.5 Å². The molecule has 0 bridgehead atoms. The van der Waals surface area contributed by atoms with E-state index in [4.69, 9.17) is 4.74 Å².